The summed E-state index contributed by atoms with van der Waals surface area (Å²) in [5.41, 5.74) is -0.497. The van der Waals surface area contributed by atoms with Gasteiger partial charge in [0.15, 0.2) is 0 Å². The number of carbonyl (C=O) groups excluding carboxylic acids is 1. The predicted molar refractivity (Wildman–Crippen MR) is 48.4 cm³/mol. The summed E-state index contributed by atoms with van der Waals surface area (Å²) >= 11 is 5.60. The Morgan fingerprint density at radius 3 is 2.47 bits per heavy atom. The molecule has 0 bridgehead atoms. The molecule has 0 aliphatic heterocycles. The highest BCUT2D eigenvalue weighted by atomic mass is 35.5. The summed E-state index contributed by atoms with van der Waals surface area (Å²) in [7, 11) is 1.25. The van der Waals surface area contributed by atoms with E-state index in [1.165, 1.54) is 13.2 Å². The van der Waals surface area contributed by atoms with Gasteiger partial charge in [-0.25, -0.2) is 0 Å². The topological polar surface area (TPSA) is 26.3 Å². The van der Waals surface area contributed by atoms with Crippen LogP contribution in [0, 0.1) is 0 Å². The summed E-state index contributed by atoms with van der Waals surface area (Å²) in [6.45, 7) is 0. The Bertz CT molecular complexity index is 387. The van der Waals surface area contributed by atoms with Crippen molar-refractivity contribution in [1.29, 1.82) is 0 Å². The van der Waals surface area contributed by atoms with Crippen molar-refractivity contribution in [2.75, 3.05) is 7.11 Å². The van der Waals surface area contributed by atoms with E-state index in [0.29, 0.717) is 0 Å². The molecule has 2 nitrogen and oxygen atoms in total. The van der Waals surface area contributed by atoms with Crippen molar-refractivity contribution in [2.45, 2.75) is 6.18 Å². The number of hydrogen-bond donors (Lipinski definition) is 0. The molecule has 0 atom stereocenters. The third kappa shape index (κ3) is 2.62. The fourth-order valence-corrected chi connectivity index (χ4v) is 1.16. The minimum absolute atomic E-state index is 0.0340. The number of carbonyl (C=O) groups is 1. The summed E-state index contributed by atoms with van der Waals surface area (Å²) in [6, 6.07) is 3.14. The lowest BCUT2D eigenvalue weighted by atomic mass is 10.1. The van der Waals surface area contributed by atoms with Crippen LogP contribution in [0.25, 0.3) is 0 Å². The number of ether oxygens (including phenoxy) is 1. The van der Waals surface area contributed by atoms with Crippen molar-refractivity contribution < 1.29 is 22.7 Å². The van der Waals surface area contributed by atoms with Gasteiger partial charge in [0.05, 0.1) is 12.1 Å². The van der Waals surface area contributed by atoms with Crippen LogP contribution in [0.3, 0.4) is 0 Å². The van der Waals surface area contributed by atoms with Gasteiger partial charge in [0.25, 0.3) is 5.78 Å². The van der Waals surface area contributed by atoms with Gasteiger partial charge >= 0.3 is 6.18 Å². The van der Waals surface area contributed by atoms with E-state index >= 15 is 0 Å². The fraction of sp³-hybridized carbons (Fsp3) is 0.222. The normalized spacial score (nSPS) is 11.3. The number of methoxy groups -OCH3 is 1. The highest BCUT2D eigenvalue weighted by Crippen LogP contribution is 2.28. The number of hydrogen-bond acceptors (Lipinski definition) is 2. The molecule has 1 aromatic carbocycles. The smallest absolute Gasteiger partial charge is 0.454 e. The molecule has 0 N–H and O–H groups in total. The van der Waals surface area contributed by atoms with E-state index < -0.39 is 17.5 Å². The number of rotatable bonds is 2. The first-order chi connectivity index (χ1) is 6.86. The van der Waals surface area contributed by atoms with Crippen LogP contribution in [-0.2, 0) is 0 Å². The van der Waals surface area contributed by atoms with Crippen LogP contribution in [0.1, 0.15) is 10.4 Å². The molecule has 82 valence electrons. The van der Waals surface area contributed by atoms with E-state index in [-0.39, 0.29) is 10.8 Å². The average Bonchev–Trinajstić information content (AvgIpc) is 2.16. The molecular formula is C9H6ClF3O2. The first-order valence-corrected chi connectivity index (χ1v) is 4.19. The average molecular weight is 239 g/mol. The molecule has 0 saturated carbocycles. The van der Waals surface area contributed by atoms with Crippen LogP contribution in [0.15, 0.2) is 18.2 Å². The maximum atomic E-state index is 12.0. The Labute approximate surface area is 88.6 Å². The Hall–Kier alpha value is -1.23. The number of halogens is 4. The highest BCUT2D eigenvalue weighted by molar-refractivity contribution is 6.32. The first kappa shape index (κ1) is 11.8. The Morgan fingerprint density at radius 2 is 2.00 bits per heavy atom. The van der Waals surface area contributed by atoms with Gasteiger partial charge in [0.2, 0.25) is 0 Å². The monoisotopic (exact) mass is 238 g/mol. The van der Waals surface area contributed by atoms with E-state index in [9.17, 15) is 18.0 Å². The molecule has 6 heteroatoms. The molecule has 0 spiro atoms. The standard InChI is InChI=1S/C9H6ClF3O2/c1-15-7-4-5(2-3-6(7)10)8(14)9(11,12)13/h2-4H,1H3. The zero-order valence-electron chi connectivity index (χ0n) is 7.56. The molecule has 0 aromatic heterocycles. The summed E-state index contributed by atoms with van der Waals surface area (Å²) in [4.78, 5) is 10.8. The third-order valence-corrected chi connectivity index (χ3v) is 1.98. The minimum Gasteiger partial charge on any atom is -0.495 e. The Morgan fingerprint density at radius 1 is 1.40 bits per heavy atom. The molecule has 0 saturated heterocycles. The number of benzene rings is 1. The number of Topliss-reactive ketones (excluding diaryl/α,β-unsaturated/α-hetero) is 1. The lowest BCUT2D eigenvalue weighted by molar-refractivity contribution is -0.0885. The molecule has 0 heterocycles. The molecule has 0 amide bonds. The van der Waals surface area contributed by atoms with Crippen molar-refractivity contribution >= 4 is 17.4 Å². The maximum absolute atomic E-state index is 12.0. The van der Waals surface area contributed by atoms with Gasteiger partial charge in [-0.3, -0.25) is 4.79 Å². The van der Waals surface area contributed by atoms with E-state index in [2.05, 4.69) is 0 Å². The quantitative estimate of drug-likeness (QED) is 0.740. The van der Waals surface area contributed by atoms with Crippen LogP contribution >= 0.6 is 11.6 Å². The summed E-state index contributed by atoms with van der Waals surface area (Å²) in [6.07, 6.45) is -4.89. The largest absolute Gasteiger partial charge is 0.495 e. The van der Waals surface area contributed by atoms with Crippen molar-refractivity contribution in [1.82, 2.24) is 0 Å². The zero-order chi connectivity index (χ0) is 11.6. The van der Waals surface area contributed by atoms with Gasteiger partial charge in [0.1, 0.15) is 5.75 Å². The van der Waals surface area contributed by atoms with Crippen molar-refractivity contribution in [3.63, 3.8) is 0 Å². The second kappa shape index (κ2) is 4.10. The second-order valence-electron chi connectivity index (χ2n) is 2.68. The molecule has 0 fully saturated rings. The van der Waals surface area contributed by atoms with Gasteiger partial charge in [0, 0.05) is 5.56 Å². The number of alkyl halides is 3. The third-order valence-electron chi connectivity index (χ3n) is 1.67. The Balaban J connectivity index is 3.12. The van der Waals surface area contributed by atoms with E-state index in [1.807, 2.05) is 0 Å². The minimum atomic E-state index is -4.89. The van der Waals surface area contributed by atoms with Crippen LogP contribution in [0.4, 0.5) is 13.2 Å². The van der Waals surface area contributed by atoms with E-state index in [1.54, 1.807) is 0 Å². The zero-order valence-corrected chi connectivity index (χ0v) is 8.32. The van der Waals surface area contributed by atoms with Gasteiger partial charge in [-0.05, 0) is 18.2 Å². The van der Waals surface area contributed by atoms with Gasteiger partial charge < -0.3 is 4.74 Å². The molecule has 0 aliphatic carbocycles. The van der Waals surface area contributed by atoms with Crippen molar-refractivity contribution in [3.8, 4) is 5.75 Å². The predicted octanol–water partition coefficient (Wildman–Crippen LogP) is 3.09. The van der Waals surface area contributed by atoms with Gasteiger partial charge in [-0.1, -0.05) is 11.6 Å². The van der Waals surface area contributed by atoms with Crippen LogP contribution in [0.5, 0.6) is 5.75 Å². The number of ketones is 1. The van der Waals surface area contributed by atoms with Crippen molar-refractivity contribution in [3.05, 3.63) is 28.8 Å². The Kier molecular flexibility index (Phi) is 3.24. The maximum Gasteiger partial charge on any atom is 0.454 e. The molecule has 1 aromatic rings. The van der Waals surface area contributed by atoms with Gasteiger partial charge in [-0.2, -0.15) is 13.2 Å². The van der Waals surface area contributed by atoms with Crippen molar-refractivity contribution in [2.24, 2.45) is 0 Å². The molecule has 0 radical (unpaired) electrons. The highest BCUT2D eigenvalue weighted by Gasteiger charge is 2.39. The van der Waals surface area contributed by atoms with Crippen LogP contribution in [0.2, 0.25) is 5.02 Å². The summed E-state index contributed by atoms with van der Waals surface area (Å²) in [5.74, 6) is -1.88. The molecular weight excluding hydrogens is 233 g/mol. The second-order valence-corrected chi connectivity index (χ2v) is 3.08. The molecule has 1 rings (SSSR count). The molecule has 0 aliphatic rings. The lowest BCUT2D eigenvalue weighted by Crippen LogP contribution is -2.22. The summed E-state index contributed by atoms with van der Waals surface area (Å²) in [5, 5.41) is 0.149. The van der Waals surface area contributed by atoms with Gasteiger partial charge in [-0.15, -0.1) is 0 Å². The molecule has 0 unspecified atom stereocenters. The molecule has 15 heavy (non-hydrogen) atoms. The van der Waals surface area contributed by atoms with E-state index in [0.717, 1.165) is 12.1 Å². The van der Waals surface area contributed by atoms with E-state index in [4.69, 9.17) is 16.3 Å². The fourth-order valence-electron chi connectivity index (χ4n) is 0.965. The van der Waals surface area contributed by atoms with Crippen LogP contribution < -0.4 is 4.74 Å². The SMILES string of the molecule is COc1cc(C(=O)C(F)(F)F)ccc1Cl. The first-order valence-electron chi connectivity index (χ1n) is 3.81. The summed E-state index contributed by atoms with van der Waals surface area (Å²) < 4.78 is 40.8. The van der Waals surface area contributed by atoms with Crippen LogP contribution in [-0.4, -0.2) is 19.1 Å². The lowest BCUT2D eigenvalue weighted by Gasteiger charge is -2.07.